The van der Waals surface area contributed by atoms with Crippen LogP contribution in [-0.2, 0) is 0 Å². The van der Waals surface area contributed by atoms with E-state index >= 15 is 0 Å². The molecule has 0 bridgehead atoms. The van der Waals surface area contributed by atoms with Gasteiger partial charge in [-0.25, -0.2) is 0 Å². The van der Waals surface area contributed by atoms with Gasteiger partial charge in [0.15, 0.2) is 0 Å². The van der Waals surface area contributed by atoms with E-state index in [0.29, 0.717) is 0 Å². The van der Waals surface area contributed by atoms with Gasteiger partial charge < -0.3 is 11.1 Å². The average Bonchev–Trinajstić information content (AvgIpc) is 1.69. The van der Waals surface area contributed by atoms with Gasteiger partial charge in [0.05, 0.1) is 0 Å². The van der Waals surface area contributed by atoms with Crippen molar-refractivity contribution in [3.05, 3.63) is 0 Å². The Labute approximate surface area is 52.1 Å². The highest BCUT2D eigenvalue weighted by Gasteiger charge is 2.13. The number of rotatable bonds is 1. The van der Waals surface area contributed by atoms with Crippen molar-refractivity contribution in [2.75, 3.05) is 6.54 Å². The first-order valence-corrected chi connectivity index (χ1v) is 2.99. The van der Waals surface area contributed by atoms with E-state index < -0.39 is 0 Å². The third kappa shape index (κ3) is 2.07. The maximum Gasteiger partial charge on any atom is 0 e. The Bertz CT molecular complexity index is 52.3. The largest absolute Gasteiger partial charge is 0.330 e. The van der Waals surface area contributed by atoms with Crippen LogP contribution in [0.25, 0.3) is 0 Å². The van der Waals surface area contributed by atoms with Crippen LogP contribution in [0.3, 0.4) is 0 Å². The van der Waals surface area contributed by atoms with E-state index in [4.69, 9.17) is 11.1 Å². The minimum Gasteiger partial charge on any atom is -0.330 e. The smallest absolute Gasteiger partial charge is 0 e. The molecule has 0 amide bonds. The Morgan fingerprint density at radius 2 is 2.12 bits per heavy atom. The van der Waals surface area contributed by atoms with E-state index in [1.165, 1.54) is 19.3 Å². The summed E-state index contributed by atoms with van der Waals surface area (Å²) in [5.74, 6) is 0.894. The van der Waals surface area contributed by atoms with E-state index in [1.807, 2.05) is 0 Å². The van der Waals surface area contributed by atoms with Gasteiger partial charge in [0.1, 0.15) is 0 Å². The van der Waals surface area contributed by atoms with Crippen molar-refractivity contribution in [1.82, 2.24) is 0 Å². The molecule has 1 fully saturated rings. The lowest BCUT2D eigenvalue weighted by Gasteiger charge is -2.22. The molecule has 8 heavy (non-hydrogen) atoms. The molecule has 0 aliphatic heterocycles. The fourth-order valence-electron chi connectivity index (χ4n) is 0.729. The minimum atomic E-state index is 0. The predicted molar refractivity (Wildman–Crippen MR) is 38.4 cm³/mol. The second-order valence-electron chi connectivity index (χ2n) is 2.03. The summed E-state index contributed by atoms with van der Waals surface area (Å²) in [6.45, 7) is 3.42. The summed E-state index contributed by atoms with van der Waals surface area (Å²) in [6, 6.07) is 0. The van der Waals surface area contributed by atoms with E-state index in [2.05, 4.69) is 6.72 Å². The summed E-state index contributed by atoms with van der Waals surface area (Å²) >= 11 is 0. The van der Waals surface area contributed by atoms with Crippen LogP contribution < -0.4 is 5.73 Å². The number of nitrogens with one attached hydrogen (secondary N) is 1. The summed E-state index contributed by atoms with van der Waals surface area (Å²) < 4.78 is 0. The van der Waals surface area contributed by atoms with Crippen LogP contribution in [0.2, 0.25) is 0 Å². The van der Waals surface area contributed by atoms with Gasteiger partial charge in [-0.1, -0.05) is 6.42 Å². The zero-order valence-electron chi connectivity index (χ0n) is 5.19. The van der Waals surface area contributed by atoms with Crippen molar-refractivity contribution < 1.29 is 1.43 Å². The predicted octanol–water partition coefficient (Wildman–Crippen LogP) is 1.26. The molecule has 0 spiro atoms. The van der Waals surface area contributed by atoms with Crippen LogP contribution in [0, 0.1) is 11.3 Å². The molecule has 2 heteroatoms. The Morgan fingerprint density at radius 3 is 2.12 bits per heavy atom. The van der Waals surface area contributed by atoms with E-state index in [0.717, 1.165) is 12.5 Å². The van der Waals surface area contributed by atoms with Crippen molar-refractivity contribution in [2.45, 2.75) is 19.3 Å². The molecule has 1 saturated carbocycles. The van der Waals surface area contributed by atoms with Crippen molar-refractivity contribution in [3.8, 4) is 0 Å². The zero-order chi connectivity index (χ0) is 6.41. The van der Waals surface area contributed by atoms with E-state index in [-0.39, 0.29) is 1.43 Å². The normalized spacial score (nSPS) is 18.1. The first-order valence-electron chi connectivity index (χ1n) is 2.99. The Hall–Kier alpha value is -0.370. The number of nitrogens with two attached hydrogens (primary N) is 1. The van der Waals surface area contributed by atoms with E-state index in [9.17, 15) is 0 Å². The Balaban J connectivity index is 0. The van der Waals surface area contributed by atoms with Gasteiger partial charge in [-0.3, -0.25) is 0 Å². The van der Waals surface area contributed by atoms with Crippen LogP contribution in [0.5, 0.6) is 0 Å². The maximum atomic E-state index is 5.50. The molecule has 2 nitrogen and oxygen atoms in total. The first kappa shape index (κ1) is 7.63. The molecule has 0 heterocycles. The van der Waals surface area contributed by atoms with Crippen LogP contribution in [-0.4, -0.2) is 13.3 Å². The van der Waals surface area contributed by atoms with Crippen molar-refractivity contribution >= 4 is 6.72 Å². The molecule has 0 unspecified atom stereocenters. The maximum absolute atomic E-state index is 5.50. The summed E-state index contributed by atoms with van der Waals surface area (Å²) in [5, 5.41) is 5.50. The fourth-order valence-corrected chi connectivity index (χ4v) is 0.729. The lowest BCUT2D eigenvalue weighted by Crippen LogP contribution is -2.20. The molecule has 0 atom stereocenters. The molecule has 0 radical (unpaired) electrons. The van der Waals surface area contributed by atoms with Gasteiger partial charge in [0, 0.05) is 1.43 Å². The molecule has 0 saturated heterocycles. The van der Waals surface area contributed by atoms with Gasteiger partial charge in [0.2, 0.25) is 0 Å². The molecule has 50 valence electrons. The average molecular weight is 116 g/mol. The fraction of sp³-hybridized carbons (Fsp3) is 0.833. The van der Waals surface area contributed by atoms with Gasteiger partial charge in [0.25, 0.3) is 0 Å². The highest BCUT2D eigenvalue weighted by Crippen LogP contribution is 2.24. The standard InChI is InChI=1S/C5H11N.CH3N.H2/c6-4-5-2-1-3-5;1-2;/h5H,1-4,6H2;2H,1H2;1H. The highest BCUT2D eigenvalue weighted by molar-refractivity contribution is 5.15. The molecule has 3 N–H and O–H groups in total. The third-order valence-electron chi connectivity index (χ3n) is 1.56. The van der Waals surface area contributed by atoms with Crippen molar-refractivity contribution in [1.29, 1.82) is 5.41 Å². The van der Waals surface area contributed by atoms with E-state index in [1.54, 1.807) is 0 Å². The summed E-state index contributed by atoms with van der Waals surface area (Å²) in [7, 11) is 0. The van der Waals surface area contributed by atoms with Crippen LogP contribution in [0.15, 0.2) is 0 Å². The molecular weight excluding hydrogens is 100 g/mol. The second-order valence-corrected chi connectivity index (χ2v) is 2.03. The monoisotopic (exact) mass is 116 g/mol. The van der Waals surface area contributed by atoms with Crippen molar-refractivity contribution in [2.24, 2.45) is 11.7 Å². The van der Waals surface area contributed by atoms with Gasteiger partial charge in [-0.05, 0) is 32.0 Å². The van der Waals surface area contributed by atoms with Crippen LogP contribution in [0.1, 0.15) is 20.7 Å². The quantitative estimate of drug-likeness (QED) is 0.498. The van der Waals surface area contributed by atoms with Crippen LogP contribution >= 0.6 is 0 Å². The third-order valence-corrected chi connectivity index (χ3v) is 1.56. The molecule has 1 aliphatic carbocycles. The van der Waals surface area contributed by atoms with Crippen molar-refractivity contribution in [3.63, 3.8) is 0 Å². The van der Waals surface area contributed by atoms with Gasteiger partial charge in [-0.15, -0.1) is 0 Å². The second kappa shape index (κ2) is 4.78. The molecule has 1 aliphatic rings. The molecule has 0 aromatic heterocycles. The molecular formula is C6H16N2. The molecule has 1 rings (SSSR count). The first-order chi connectivity index (χ1) is 3.93. The SMILES string of the molecule is C=N.NCC1CCC1.[HH]. The minimum absolute atomic E-state index is 0. The van der Waals surface area contributed by atoms with Crippen LogP contribution in [0.4, 0.5) is 0 Å². The number of hydrogen-bond donors (Lipinski definition) is 2. The highest BCUT2D eigenvalue weighted by atomic mass is 14.6. The summed E-state index contributed by atoms with van der Waals surface area (Å²) in [4.78, 5) is 0. The zero-order valence-corrected chi connectivity index (χ0v) is 5.19. The van der Waals surface area contributed by atoms with Gasteiger partial charge >= 0.3 is 0 Å². The summed E-state index contributed by atoms with van der Waals surface area (Å²) in [5.41, 5.74) is 5.33. The van der Waals surface area contributed by atoms with Gasteiger partial charge in [-0.2, -0.15) is 0 Å². The Kier molecular flexibility index (Phi) is 4.56. The number of hydrogen-bond acceptors (Lipinski definition) is 2. The lowest BCUT2D eigenvalue weighted by atomic mass is 9.86. The topological polar surface area (TPSA) is 49.9 Å². The molecule has 0 aromatic carbocycles. The summed E-state index contributed by atoms with van der Waals surface area (Å²) in [6.07, 6.45) is 4.19. The lowest BCUT2D eigenvalue weighted by molar-refractivity contribution is 0.325. The Morgan fingerprint density at radius 1 is 1.62 bits per heavy atom. The molecule has 0 aromatic rings.